The number of nitrogens with zero attached hydrogens (tertiary/aromatic N) is 2. The van der Waals surface area contributed by atoms with Crippen molar-refractivity contribution in [1.29, 1.82) is 0 Å². The van der Waals surface area contributed by atoms with Crippen LogP contribution in [0.15, 0.2) is 51.7 Å². The van der Waals surface area contributed by atoms with Gasteiger partial charge in [-0.05, 0) is 54.3 Å². The molecule has 1 aromatic carbocycles. The summed E-state index contributed by atoms with van der Waals surface area (Å²) in [7, 11) is 1.62. The smallest absolute Gasteiger partial charge is 0.253 e. The summed E-state index contributed by atoms with van der Waals surface area (Å²) in [6.07, 6.45) is 1.97. The molecule has 7 heteroatoms. The van der Waals surface area contributed by atoms with E-state index in [-0.39, 0.29) is 11.9 Å². The topological polar surface area (TPSA) is 67.6 Å². The fraction of sp³-hybridized carbons (Fsp3) is 0.333. The molecular weight excluding hydrogens is 374 g/mol. The van der Waals surface area contributed by atoms with Crippen LogP contribution in [-0.2, 0) is 4.79 Å². The molecule has 1 aliphatic heterocycles. The van der Waals surface area contributed by atoms with E-state index in [1.54, 1.807) is 18.4 Å². The summed E-state index contributed by atoms with van der Waals surface area (Å²) in [5.41, 5.74) is 2.74. The van der Waals surface area contributed by atoms with Crippen molar-refractivity contribution >= 4 is 22.9 Å². The van der Waals surface area contributed by atoms with Crippen molar-refractivity contribution in [2.24, 2.45) is 0 Å². The molecule has 0 saturated carbocycles. The van der Waals surface area contributed by atoms with Crippen molar-refractivity contribution in [2.75, 3.05) is 19.0 Å². The van der Waals surface area contributed by atoms with Gasteiger partial charge >= 0.3 is 0 Å². The van der Waals surface area contributed by atoms with Crippen molar-refractivity contribution in [1.82, 2.24) is 10.1 Å². The van der Waals surface area contributed by atoms with Gasteiger partial charge in [0.1, 0.15) is 5.75 Å². The molecule has 6 nitrogen and oxygen atoms in total. The number of carbonyl (C=O) groups is 1. The lowest BCUT2D eigenvalue weighted by Crippen LogP contribution is -2.37. The van der Waals surface area contributed by atoms with Crippen LogP contribution in [0.3, 0.4) is 0 Å². The second kappa shape index (κ2) is 8.06. The third-order valence-corrected chi connectivity index (χ3v) is 5.72. The zero-order chi connectivity index (χ0) is 19.5. The largest absolute Gasteiger partial charge is 0.497 e. The Labute approximate surface area is 168 Å². The Kier molecular flexibility index (Phi) is 5.34. The van der Waals surface area contributed by atoms with E-state index >= 15 is 0 Å². The van der Waals surface area contributed by atoms with Crippen LogP contribution >= 0.6 is 11.3 Å². The molecule has 3 heterocycles. The zero-order valence-corrected chi connectivity index (χ0v) is 16.7. The minimum Gasteiger partial charge on any atom is -0.497 e. The van der Waals surface area contributed by atoms with Gasteiger partial charge in [0.25, 0.3) is 5.91 Å². The number of benzene rings is 1. The van der Waals surface area contributed by atoms with Crippen LogP contribution in [0.4, 0.5) is 5.69 Å². The van der Waals surface area contributed by atoms with Crippen LogP contribution in [0, 0.1) is 6.92 Å². The predicted octanol–water partition coefficient (Wildman–Crippen LogP) is 4.57. The third-order valence-electron chi connectivity index (χ3n) is 5.02. The van der Waals surface area contributed by atoms with Crippen molar-refractivity contribution in [3.8, 4) is 5.75 Å². The van der Waals surface area contributed by atoms with E-state index in [2.05, 4.69) is 27.3 Å². The van der Waals surface area contributed by atoms with Gasteiger partial charge < -0.3 is 19.5 Å². The predicted molar refractivity (Wildman–Crippen MR) is 109 cm³/mol. The maximum atomic E-state index is 13.6. The van der Waals surface area contributed by atoms with Crippen LogP contribution in [0.2, 0.25) is 0 Å². The summed E-state index contributed by atoms with van der Waals surface area (Å²) in [5.74, 6) is 1.23. The van der Waals surface area contributed by atoms with Gasteiger partial charge in [0.2, 0.25) is 0 Å². The molecule has 1 saturated heterocycles. The highest BCUT2D eigenvalue weighted by Gasteiger charge is 2.36. The number of amides is 1. The summed E-state index contributed by atoms with van der Waals surface area (Å²) in [6.45, 7) is 2.59. The lowest BCUT2D eigenvalue weighted by atomic mass is 10.1. The fourth-order valence-corrected chi connectivity index (χ4v) is 4.37. The van der Waals surface area contributed by atoms with Gasteiger partial charge in [0.15, 0.2) is 11.8 Å². The van der Waals surface area contributed by atoms with Gasteiger partial charge in [-0.2, -0.15) is 11.3 Å². The number of rotatable bonds is 6. The Bertz CT molecular complexity index is 938. The molecule has 28 heavy (non-hydrogen) atoms. The van der Waals surface area contributed by atoms with Crippen molar-refractivity contribution in [3.63, 3.8) is 0 Å². The molecule has 0 aliphatic carbocycles. The minimum atomic E-state index is -0.646. The van der Waals surface area contributed by atoms with Crippen LogP contribution in [0.25, 0.3) is 0 Å². The molecule has 1 fully saturated rings. The molecule has 1 amide bonds. The van der Waals surface area contributed by atoms with Crippen molar-refractivity contribution in [2.45, 2.75) is 31.8 Å². The molecular formula is C21H23N3O3S. The monoisotopic (exact) mass is 397 g/mol. The molecule has 1 N–H and O–H groups in total. The van der Waals surface area contributed by atoms with Gasteiger partial charge in [0.05, 0.1) is 18.8 Å². The van der Waals surface area contributed by atoms with Crippen molar-refractivity contribution < 1.29 is 14.1 Å². The van der Waals surface area contributed by atoms with Gasteiger partial charge in [-0.1, -0.05) is 11.2 Å². The van der Waals surface area contributed by atoms with Crippen LogP contribution < -0.4 is 10.1 Å². The lowest BCUT2D eigenvalue weighted by Gasteiger charge is -2.28. The summed E-state index contributed by atoms with van der Waals surface area (Å²) >= 11 is 1.66. The van der Waals surface area contributed by atoms with E-state index in [0.717, 1.165) is 36.5 Å². The standard InChI is InChI=1S/C21H23N3O3S/c1-14-11-19(27-23-14)20(22-16-5-3-6-17(12-16)26-2)21(25)24-9-4-7-18(24)15-8-10-28-13-15/h3,5-6,8,10-13,18,20,22H,4,7,9H2,1-2H3. The summed E-state index contributed by atoms with van der Waals surface area (Å²) < 4.78 is 10.8. The molecule has 2 atom stereocenters. The van der Waals surface area contributed by atoms with E-state index in [1.165, 1.54) is 5.56 Å². The molecule has 0 bridgehead atoms. The highest BCUT2D eigenvalue weighted by Crippen LogP contribution is 2.36. The van der Waals surface area contributed by atoms with Gasteiger partial charge in [-0.3, -0.25) is 4.79 Å². The zero-order valence-electron chi connectivity index (χ0n) is 15.9. The number of thiophene rings is 1. The number of anilines is 1. The van der Waals surface area contributed by atoms with Crippen LogP contribution in [0.5, 0.6) is 5.75 Å². The molecule has 3 aromatic rings. The Balaban J connectivity index is 1.64. The van der Waals surface area contributed by atoms with E-state index in [4.69, 9.17) is 9.26 Å². The minimum absolute atomic E-state index is 0.00679. The number of likely N-dealkylation sites (tertiary alicyclic amines) is 1. The molecule has 146 valence electrons. The number of aromatic nitrogens is 1. The Morgan fingerprint density at radius 2 is 2.29 bits per heavy atom. The van der Waals surface area contributed by atoms with E-state index in [0.29, 0.717) is 5.76 Å². The first-order chi connectivity index (χ1) is 13.7. The first-order valence-electron chi connectivity index (χ1n) is 9.32. The molecule has 1 aliphatic rings. The number of carbonyl (C=O) groups excluding carboxylic acids is 1. The Morgan fingerprint density at radius 3 is 3.00 bits per heavy atom. The number of methoxy groups -OCH3 is 1. The van der Waals surface area contributed by atoms with Gasteiger partial charge in [-0.25, -0.2) is 0 Å². The second-order valence-electron chi connectivity index (χ2n) is 6.93. The number of aryl methyl sites for hydroxylation is 1. The Morgan fingerprint density at radius 1 is 1.39 bits per heavy atom. The first kappa shape index (κ1) is 18.6. The number of ether oxygens (including phenoxy) is 1. The highest BCUT2D eigenvalue weighted by atomic mass is 32.1. The van der Waals surface area contributed by atoms with Crippen LogP contribution in [0.1, 0.15) is 41.9 Å². The fourth-order valence-electron chi connectivity index (χ4n) is 3.66. The van der Waals surface area contributed by atoms with Gasteiger partial charge in [-0.15, -0.1) is 0 Å². The molecule has 0 radical (unpaired) electrons. The number of hydrogen-bond donors (Lipinski definition) is 1. The molecule has 4 rings (SSSR count). The van der Waals surface area contributed by atoms with Gasteiger partial charge in [0, 0.05) is 24.4 Å². The lowest BCUT2D eigenvalue weighted by molar-refractivity contribution is -0.133. The normalized spacial score (nSPS) is 17.5. The first-order valence-corrected chi connectivity index (χ1v) is 10.3. The molecule has 2 unspecified atom stereocenters. The van der Waals surface area contributed by atoms with Crippen LogP contribution in [-0.4, -0.2) is 29.6 Å². The average molecular weight is 398 g/mol. The third kappa shape index (κ3) is 3.75. The maximum Gasteiger partial charge on any atom is 0.253 e. The quantitative estimate of drug-likeness (QED) is 0.660. The summed E-state index contributed by atoms with van der Waals surface area (Å²) in [5, 5.41) is 11.5. The van der Waals surface area contributed by atoms with E-state index in [9.17, 15) is 4.79 Å². The number of hydrogen-bond acceptors (Lipinski definition) is 6. The highest BCUT2D eigenvalue weighted by molar-refractivity contribution is 7.08. The number of nitrogens with one attached hydrogen (secondary N) is 1. The van der Waals surface area contributed by atoms with E-state index < -0.39 is 6.04 Å². The SMILES string of the molecule is COc1cccc(NC(C(=O)N2CCCC2c2ccsc2)c2cc(C)no2)c1. The average Bonchev–Trinajstić information content (AvgIpc) is 3.46. The Hall–Kier alpha value is -2.80. The second-order valence-corrected chi connectivity index (χ2v) is 7.71. The summed E-state index contributed by atoms with van der Waals surface area (Å²) in [6, 6.07) is 10.9. The molecule has 0 spiro atoms. The molecule has 2 aromatic heterocycles. The maximum absolute atomic E-state index is 13.6. The summed E-state index contributed by atoms with van der Waals surface area (Å²) in [4.78, 5) is 15.5. The van der Waals surface area contributed by atoms with E-state index in [1.807, 2.05) is 42.2 Å². The van der Waals surface area contributed by atoms with Crippen molar-refractivity contribution in [3.05, 3.63) is 64.2 Å².